The molecule has 0 saturated carbocycles. The van der Waals surface area contributed by atoms with Gasteiger partial charge in [0, 0.05) is 38.7 Å². The van der Waals surface area contributed by atoms with Gasteiger partial charge in [-0.2, -0.15) is 4.31 Å². The van der Waals surface area contributed by atoms with Crippen LogP contribution >= 0.6 is 12.2 Å². The second-order valence-corrected chi connectivity index (χ2v) is 7.18. The molecule has 1 aromatic carbocycles. The molecule has 21 heavy (non-hydrogen) atoms. The van der Waals surface area contributed by atoms with E-state index in [1.54, 1.807) is 17.0 Å². The smallest absolute Gasteiger partial charge is 0.243 e. The highest BCUT2D eigenvalue weighted by Crippen LogP contribution is 2.18. The van der Waals surface area contributed by atoms with Crippen molar-refractivity contribution in [3.05, 3.63) is 29.8 Å². The lowest BCUT2D eigenvalue weighted by molar-refractivity contribution is -0.129. The van der Waals surface area contributed by atoms with Crippen LogP contribution in [0.5, 0.6) is 0 Å². The van der Waals surface area contributed by atoms with Crippen LogP contribution < -0.4 is 5.73 Å². The Balaban J connectivity index is 2.15. The van der Waals surface area contributed by atoms with E-state index >= 15 is 0 Å². The molecule has 0 unspecified atom stereocenters. The Hall–Kier alpha value is -1.51. The Kier molecular flexibility index (Phi) is 4.60. The van der Waals surface area contributed by atoms with Crippen LogP contribution in [0.2, 0.25) is 0 Å². The molecule has 0 atom stereocenters. The van der Waals surface area contributed by atoms with Crippen LogP contribution in [0.3, 0.4) is 0 Å². The van der Waals surface area contributed by atoms with Gasteiger partial charge >= 0.3 is 0 Å². The average Bonchev–Trinajstić information content (AvgIpc) is 2.47. The normalized spacial score (nSPS) is 16.7. The second kappa shape index (κ2) is 6.08. The van der Waals surface area contributed by atoms with E-state index in [1.165, 1.54) is 23.4 Å². The minimum absolute atomic E-state index is 0.0344. The van der Waals surface area contributed by atoms with Crippen LogP contribution in [0.25, 0.3) is 0 Å². The van der Waals surface area contributed by atoms with Gasteiger partial charge in [0.25, 0.3) is 0 Å². The molecule has 114 valence electrons. The van der Waals surface area contributed by atoms with E-state index in [2.05, 4.69) is 0 Å². The van der Waals surface area contributed by atoms with Crippen molar-refractivity contribution in [1.29, 1.82) is 0 Å². The minimum Gasteiger partial charge on any atom is -0.389 e. The van der Waals surface area contributed by atoms with Gasteiger partial charge < -0.3 is 10.6 Å². The van der Waals surface area contributed by atoms with Crippen molar-refractivity contribution in [3.8, 4) is 0 Å². The first-order valence-electron chi connectivity index (χ1n) is 6.48. The number of hydrogen-bond acceptors (Lipinski definition) is 4. The summed E-state index contributed by atoms with van der Waals surface area (Å²) in [6.07, 6.45) is 0. The third kappa shape index (κ3) is 3.39. The molecule has 1 aromatic rings. The molecular weight excluding hydrogens is 310 g/mol. The fourth-order valence-corrected chi connectivity index (χ4v) is 3.74. The molecule has 6 nitrogen and oxygen atoms in total. The fourth-order valence-electron chi connectivity index (χ4n) is 2.18. The zero-order valence-electron chi connectivity index (χ0n) is 11.7. The number of piperazine rings is 1. The van der Waals surface area contributed by atoms with Crippen molar-refractivity contribution < 1.29 is 13.2 Å². The van der Waals surface area contributed by atoms with Gasteiger partial charge in [-0.3, -0.25) is 4.79 Å². The number of sulfonamides is 1. The Morgan fingerprint density at radius 2 is 1.67 bits per heavy atom. The van der Waals surface area contributed by atoms with E-state index in [0.29, 0.717) is 31.7 Å². The summed E-state index contributed by atoms with van der Waals surface area (Å²) in [6.45, 7) is 2.93. The first kappa shape index (κ1) is 15.9. The van der Waals surface area contributed by atoms with Gasteiger partial charge in [0.1, 0.15) is 4.99 Å². The summed E-state index contributed by atoms with van der Waals surface area (Å²) in [5, 5.41) is 0. The van der Waals surface area contributed by atoms with E-state index in [4.69, 9.17) is 18.0 Å². The highest BCUT2D eigenvalue weighted by Gasteiger charge is 2.29. The molecule has 0 aromatic heterocycles. The van der Waals surface area contributed by atoms with E-state index in [0.717, 1.165) is 0 Å². The number of hydrogen-bond donors (Lipinski definition) is 1. The van der Waals surface area contributed by atoms with Crippen LogP contribution in [-0.4, -0.2) is 54.7 Å². The number of thiocarbonyl (C=S) groups is 1. The summed E-state index contributed by atoms with van der Waals surface area (Å²) >= 11 is 4.84. The van der Waals surface area contributed by atoms with Gasteiger partial charge in [0.05, 0.1) is 4.90 Å². The maximum absolute atomic E-state index is 12.5. The summed E-state index contributed by atoms with van der Waals surface area (Å²) in [5.41, 5.74) is 6.12. The molecule has 1 heterocycles. The number of rotatable bonds is 3. The van der Waals surface area contributed by atoms with Crippen LogP contribution in [0.4, 0.5) is 0 Å². The molecule has 1 aliphatic heterocycles. The number of benzene rings is 1. The zero-order chi connectivity index (χ0) is 15.6. The molecule has 2 N–H and O–H groups in total. The lowest BCUT2D eigenvalue weighted by Crippen LogP contribution is -2.49. The molecule has 1 saturated heterocycles. The standard InChI is InChI=1S/C13H17N3O3S2/c1-10(17)15-6-8-16(9-7-15)21(18,19)12-4-2-11(3-5-12)13(14)20/h2-5H,6-9H2,1H3,(H2,14,20). The van der Waals surface area contributed by atoms with Crippen LogP contribution in [-0.2, 0) is 14.8 Å². The van der Waals surface area contributed by atoms with E-state index in [9.17, 15) is 13.2 Å². The number of amides is 1. The first-order chi connectivity index (χ1) is 9.82. The highest BCUT2D eigenvalue weighted by molar-refractivity contribution is 7.89. The van der Waals surface area contributed by atoms with Crippen molar-refractivity contribution in [2.45, 2.75) is 11.8 Å². The van der Waals surface area contributed by atoms with E-state index in [1.807, 2.05) is 0 Å². The average molecular weight is 327 g/mol. The van der Waals surface area contributed by atoms with Crippen molar-refractivity contribution in [1.82, 2.24) is 9.21 Å². The molecule has 0 bridgehead atoms. The van der Waals surface area contributed by atoms with Crippen molar-refractivity contribution in [3.63, 3.8) is 0 Å². The molecule has 2 rings (SSSR count). The maximum atomic E-state index is 12.5. The molecule has 8 heteroatoms. The summed E-state index contributed by atoms with van der Waals surface area (Å²) < 4.78 is 26.4. The highest BCUT2D eigenvalue weighted by atomic mass is 32.2. The third-order valence-electron chi connectivity index (χ3n) is 3.46. The van der Waals surface area contributed by atoms with E-state index in [-0.39, 0.29) is 15.8 Å². The van der Waals surface area contributed by atoms with Gasteiger partial charge in [-0.05, 0) is 12.1 Å². The second-order valence-electron chi connectivity index (χ2n) is 4.80. The van der Waals surface area contributed by atoms with Crippen molar-refractivity contribution >= 4 is 33.1 Å². The largest absolute Gasteiger partial charge is 0.389 e. The van der Waals surface area contributed by atoms with Gasteiger partial charge in [0.2, 0.25) is 15.9 Å². The Morgan fingerprint density at radius 3 is 2.10 bits per heavy atom. The SMILES string of the molecule is CC(=O)N1CCN(S(=O)(=O)c2ccc(C(N)=S)cc2)CC1. The van der Waals surface area contributed by atoms with Crippen LogP contribution in [0.1, 0.15) is 12.5 Å². The Labute approximate surface area is 129 Å². The molecule has 0 spiro atoms. The summed E-state index contributed by atoms with van der Waals surface area (Å²) in [5.74, 6) is -0.0344. The van der Waals surface area contributed by atoms with Crippen molar-refractivity contribution in [2.24, 2.45) is 5.73 Å². The Morgan fingerprint density at radius 1 is 1.14 bits per heavy atom. The van der Waals surface area contributed by atoms with Gasteiger partial charge in [-0.25, -0.2) is 8.42 Å². The van der Waals surface area contributed by atoms with Gasteiger partial charge in [-0.1, -0.05) is 24.4 Å². The minimum atomic E-state index is -3.54. The third-order valence-corrected chi connectivity index (χ3v) is 5.61. The topological polar surface area (TPSA) is 83.7 Å². The molecule has 1 aliphatic rings. The van der Waals surface area contributed by atoms with Crippen LogP contribution in [0, 0.1) is 0 Å². The number of nitrogens with zero attached hydrogens (tertiary/aromatic N) is 2. The maximum Gasteiger partial charge on any atom is 0.243 e. The predicted molar refractivity (Wildman–Crippen MR) is 83.3 cm³/mol. The Bertz CT molecular complexity index is 648. The fraction of sp³-hybridized carbons (Fsp3) is 0.385. The number of nitrogens with two attached hydrogens (primary N) is 1. The lowest BCUT2D eigenvalue weighted by atomic mass is 10.2. The van der Waals surface area contributed by atoms with E-state index < -0.39 is 10.0 Å². The molecule has 0 radical (unpaired) electrons. The molecule has 1 fully saturated rings. The quantitative estimate of drug-likeness (QED) is 0.800. The van der Waals surface area contributed by atoms with Crippen LogP contribution in [0.15, 0.2) is 29.2 Å². The summed E-state index contributed by atoms with van der Waals surface area (Å²) in [4.78, 5) is 13.3. The van der Waals surface area contributed by atoms with Gasteiger partial charge in [0.15, 0.2) is 0 Å². The molecule has 1 amide bonds. The molecule has 0 aliphatic carbocycles. The monoisotopic (exact) mass is 327 g/mol. The van der Waals surface area contributed by atoms with Gasteiger partial charge in [-0.15, -0.1) is 0 Å². The zero-order valence-corrected chi connectivity index (χ0v) is 13.3. The first-order valence-corrected chi connectivity index (χ1v) is 8.33. The predicted octanol–water partition coefficient (Wildman–Crippen LogP) is 0.174. The van der Waals surface area contributed by atoms with Crippen molar-refractivity contribution in [2.75, 3.05) is 26.2 Å². The number of carbonyl (C=O) groups is 1. The summed E-state index contributed by atoms with van der Waals surface area (Å²) in [7, 11) is -3.54. The molecular formula is C13H17N3O3S2. The number of carbonyl (C=O) groups excluding carboxylic acids is 1. The summed E-state index contributed by atoms with van der Waals surface area (Å²) in [6, 6.07) is 6.20. The lowest BCUT2D eigenvalue weighted by Gasteiger charge is -2.33.